The molecule has 0 unspecified atom stereocenters. The number of nitriles is 1. The predicted molar refractivity (Wildman–Crippen MR) is 80.7 cm³/mol. The molecule has 1 fully saturated rings. The second-order valence-electron chi connectivity index (χ2n) is 5.06. The van der Waals surface area contributed by atoms with Crippen molar-refractivity contribution in [3.63, 3.8) is 0 Å². The highest BCUT2D eigenvalue weighted by molar-refractivity contribution is 7.92. The summed E-state index contributed by atoms with van der Waals surface area (Å²) in [5, 5.41) is 9.10. The topological polar surface area (TPSA) is 57.9 Å². The van der Waals surface area contributed by atoms with Gasteiger partial charge in [0.25, 0.3) is 0 Å². The molecule has 21 heavy (non-hydrogen) atoms. The second-order valence-corrected chi connectivity index (χ2v) is 7.60. The van der Waals surface area contributed by atoms with Crippen molar-refractivity contribution in [2.75, 3.05) is 0 Å². The van der Waals surface area contributed by atoms with E-state index < -0.39 is 21.0 Å². The van der Waals surface area contributed by atoms with E-state index in [0.717, 1.165) is 5.56 Å². The minimum absolute atomic E-state index is 0.264. The van der Waals surface area contributed by atoms with Crippen molar-refractivity contribution in [3.05, 3.63) is 65.2 Å². The monoisotopic (exact) mass is 317 g/mol. The van der Waals surface area contributed by atoms with Crippen molar-refractivity contribution in [1.82, 2.24) is 0 Å². The number of nitrogens with zero attached hydrogens (tertiary/aromatic N) is 1. The molecule has 0 amide bonds. The molecule has 1 aliphatic rings. The van der Waals surface area contributed by atoms with Gasteiger partial charge >= 0.3 is 0 Å². The fourth-order valence-corrected chi connectivity index (χ4v) is 4.99. The largest absolute Gasteiger partial charge is 0.223 e. The molecular weight excluding hydrogens is 306 g/mol. The van der Waals surface area contributed by atoms with E-state index in [9.17, 15) is 13.7 Å². The van der Waals surface area contributed by atoms with Gasteiger partial charge in [0, 0.05) is 10.9 Å². The number of sulfone groups is 1. The number of halogens is 1. The molecule has 0 radical (unpaired) electrons. The van der Waals surface area contributed by atoms with Crippen molar-refractivity contribution < 1.29 is 8.42 Å². The zero-order valence-electron chi connectivity index (χ0n) is 11.0. The van der Waals surface area contributed by atoms with E-state index in [-0.39, 0.29) is 10.8 Å². The maximum Gasteiger partial charge on any atom is 0.183 e. The van der Waals surface area contributed by atoms with Gasteiger partial charge in [-0.15, -0.1) is 0 Å². The quantitative estimate of drug-likeness (QED) is 0.871. The van der Waals surface area contributed by atoms with Crippen LogP contribution < -0.4 is 0 Å². The van der Waals surface area contributed by atoms with Crippen LogP contribution in [-0.2, 0) is 9.84 Å². The standard InChI is InChI=1S/C16H12ClNO2S/c17-12-6-4-5-11(9-12)15-14(10-18)16(15)21(19,20)13-7-2-1-3-8-13/h1-9,14-16H/t14-,15-,16+/m1/s1. The lowest BCUT2D eigenvalue weighted by atomic mass is 10.1. The van der Waals surface area contributed by atoms with Crippen molar-refractivity contribution in [2.45, 2.75) is 16.1 Å². The van der Waals surface area contributed by atoms with Crippen molar-refractivity contribution in [3.8, 4) is 6.07 Å². The maximum atomic E-state index is 12.6. The lowest BCUT2D eigenvalue weighted by Crippen LogP contribution is -2.10. The molecule has 0 bridgehead atoms. The molecule has 0 N–H and O–H groups in total. The van der Waals surface area contributed by atoms with Crippen LogP contribution in [0.2, 0.25) is 5.02 Å². The Morgan fingerprint density at radius 2 is 1.76 bits per heavy atom. The fraction of sp³-hybridized carbons (Fsp3) is 0.188. The average Bonchev–Trinajstić information content (AvgIpc) is 3.23. The Kier molecular flexibility index (Phi) is 3.48. The van der Waals surface area contributed by atoms with E-state index in [2.05, 4.69) is 6.07 Å². The van der Waals surface area contributed by atoms with Crippen molar-refractivity contribution in [1.29, 1.82) is 5.26 Å². The van der Waals surface area contributed by atoms with Crippen LogP contribution in [0.1, 0.15) is 11.5 Å². The minimum Gasteiger partial charge on any atom is -0.223 e. The number of hydrogen-bond donors (Lipinski definition) is 0. The van der Waals surface area contributed by atoms with E-state index in [0.29, 0.717) is 5.02 Å². The number of benzene rings is 2. The summed E-state index contributed by atoms with van der Waals surface area (Å²) < 4.78 is 25.3. The van der Waals surface area contributed by atoms with E-state index in [4.69, 9.17) is 11.6 Å². The van der Waals surface area contributed by atoms with E-state index in [1.165, 1.54) is 0 Å². The Bertz CT molecular complexity index is 812. The van der Waals surface area contributed by atoms with Crippen LogP contribution in [0.15, 0.2) is 59.5 Å². The Labute approximate surface area is 128 Å². The zero-order chi connectivity index (χ0) is 15.0. The molecule has 0 heterocycles. The summed E-state index contributed by atoms with van der Waals surface area (Å²) in [6.45, 7) is 0. The Hall–Kier alpha value is -1.83. The first kappa shape index (κ1) is 14.1. The van der Waals surface area contributed by atoms with Gasteiger partial charge in [0.2, 0.25) is 0 Å². The van der Waals surface area contributed by atoms with Gasteiger partial charge in [0.1, 0.15) is 0 Å². The molecule has 0 aliphatic heterocycles. The summed E-state index contributed by atoms with van der Waals surface area (Å²) in [5.41, 5.74) is 0.804. The third-order valence-electron chi connectivity index (χ3n) is 3.77. The molecule has 5 heteroatoms. The molecule has 3 nitrogen and oxygen atoms in total. The number of rotatable bonds is 3. The molecule has 106 valence electrons. The predicted octanol–water partition coefficient (Wildman–Crippen LogP) is 3.42. The lowest BCUT2D eigenvalue weighted by Gasteiger charge is -2.04. The van der Waals surface area contributed by atoms with E-state index in [1.54, 1.807) is 48.5 Å². The smallest absolute Gasteiger partial charge is 0.183 e. The fourth-order valence-electron chi connectivity index (χ4n) is 2.70. The molecule has 1 aliphatic carbocycles. The summed E-state index contributed by atoms with van der Waals surface area (Å²) in [4.78, 5) is 0.264. The summed E-state index contributed by atoms with van der Waals surface area (Å²) in [6.07, 6.45) is 0. The van der Waals surface area contributed by atoms with Gasteiger partial charge in [0.15, 0.2) is 9.84 Å². The summed E-state index contributed by atoms with van der Waals surface area (Å²) in [6, 6.07) is 17.4. The van der Waals surface area contributed by atoms with Crippen LogP contribution >= 0.6 is 11.6 Å². The van der Waals surface area contributed by atoms with Crippen LogP contribution in [0.5, 0.6) is 0 Å². The lowest BCUT2D eigenvalue weighted by molar-refractivity contribution is 0.593. The highest BCUT2D eigenvalue weighted by atomic mass is 35.5. The number of hydrogen-bond acceptors (Lipinski definition) is 3. The molecule has 2 aromatic rings. The van der Waals surface area contributed by atoms with Crippen LogP contribution in [0.3, 0.4) is 0 Å². The third-order valence-corrected chi connectivity index (χ3v) is 6.23. The molecule has 2 aromatic carbocycles. The first-order chi connectivity index (χ1) is 10.1. The summed E-state index contributed by atoms with van der Waals surface area (Å²) >= 11 is 5.95. The molecule has 3 atom stereocenters. The molecule has 0 saturated heterocycles. The third kappa shape index (κ3) is 2.44. The first-order valence-electron chi connectivity index (χ1n) is 6.50. The summed E-state index contributed by atoms with van der Waals surface area (Å²) in [5.74, 6) is -0.826. The first-order valence-corrected chi connectivity index (χ1v) is 8.42. The van der Waals surface area contributed by atoms with Crippen LogP contribution in [0.25, 0.3) is 0 Å². The Morgan fingerprint density at radius 1 is 1.05 bits per heavy atom. The van der Waals surface area contributed by atoms with Crippen LogP contribution in [0, 0.1) is 17.2 Å². The highest BCUT2D eigenvalue weighted by Crippen LogP contribution is 2.53. The SMILES string of the molecule is N#C[C@@H]1[C@@H](c2cccc(Cl)c2)[C@H]1S(=O)(=O)c1ccccc1. The maximum absolute atomic E-state index is 12.6. The van der Waals surface area contributed by atoms with Crippen molar-refractivity contribution >= 4 is 21.4 Å². The van der Waals surface area contributed by atoms with Gasteiger partial charge < -0.3 is 0 Å². The van der Waals surface area contributed by atoms with Gasteiger partial charge in [-0.25, -0.2) is 8.42 Å². The molecule has 3 rings (SSSR count). The van der Waals surface area contributed by atoms with E-state index >= 15 is 0 Å². The molecular formula is C16H12ClNO2S. The van der Waals surface area contributed by atoms with Gasteiger partial charge in [-0.3, -0.25) is 0 Å². The minimum atomic E-state index is -3.50. The molecule has 0 spiro atoms. The van der Waals surface area contributed by atoms with Gasteiger partial charge in [-0.2, -0.15) is 5.26 Å². The average molecular weight is 318 g/mol. The van der Waals surface area contributed by atoms with Gasteiger partial charge in [-0.05, 0) is 29.8 Å². The summed E-state index contributed by atoms with van der Waals surface area (Å²) in [7, 11) is -3.50. The Morgan fingerprint density at radius 3 is 2.38 bits per heavy atom. The van der Waals surface area contributed by atoms with Gasteiger partial charge in [-0.1, -0.05) is 41.9 Å². The normalized spacial score (nSPS) is 24.3. The highest BCUT2D eigenvalue weighted by Gasteiger charge is 2.59. The van der Waals surface area contributed by atoms with Crippen LogP contribution in [0.4, 0.5) is 0 Å². The van der Waals surface area contributed by atoms with Crippen LogP contribution in [-0.4, -0.2) is 13.7 Å². The van der Waals surface area contributed by atoms with E-state index in [1.807, 2.05) is 6.07 Å². The van der Waals surface area contributed by atoms with Crippen molar-refractivity contribution in [2.24, 2.45) is 5.92 Å². The zero-order valence-corrected chi connectivity index (χ0v) is 12.6. The molecule has 0 aromatic heterocycles. The Balaban J connectivity index is 1.99. The van der Waals surface area contributed by atoms with Gasteiger partial charge in [0.05, 0.1) is 22.1 Å². The molecule has 1 saturated carbocycles. The second kappa shape index (κ2) is 5.18.